The van der Waals surface area contributed by atoms with Crippen LogP contribution in [0.4, 0.5) is 26.3 Å². The number of hydrogen-bond donors (Lipinski definition) is 0. The van der Waals surface area contributed by atoms with Gasteiger partial charge in [-0.05, 0) is 42.2 Å². The Morgan fingerprint density at radius 1 is 0.812 bits per heavy atom. The van der Waals surface area contributed by atoms with Crippen LogP contribution in [0.25, 0.3) is 28.3 Å². The fourth-order valence-corrected chi connectivity index (χ4v) is 3.93. The van der Waals surface area contributed by atoms with Crippen LogP contribution in [0.5, 0.6) is 0 Å². The van der Waals surface area contributed by atoms with E-state index in [1.54, 1.807) is 18.3 Å². The van der Waals surface area contributed by atoms with Crippen molar-refractivity contribution in [3.05, 3.63) is 72.1 Å². The van der Waals surface area contributed by atoms with Crippen LogP contribution in [0.3, 0.4) is 0 Å². The average molecular weight is 467 g/mol. The molecule has 0 unspecified atom stereocenters. The molecule has 0 saturated carbocycles. The lowest BCUT2D eigenvalue weighted by molar-refractivity contribution is -0.138. The van der Waals surface area contributed by atoms with E-state index in [4.69, 9.17) is 0 Å². The van der Waals surface area contributed by atoms with Crippen molar-refractivity contribution < 1.29 is 26.3 Å². The Morgan fingerprint density at radius 2 is 1.50 bits per heavy atom. The lowest BCUT2D eigenvalue weighted by Gasteiger charge is -2.10. The molecule has 0 aliphatic carbocycles. The fraction of sp³-hybridized carbons (Fsp3) is 0.182. The standard InChI is InChI=1S/C22H15F6N3S/c1-2-32-18-8-7-16(13-3-5-14(6-4-13)21(23,24)25)30-20(18)17-12-31-10-9-15(22(26,27)28)11-19(31)29-17/h3-12H,2H2,1H3. The first-order valence-electron chi connectivity index (χ1n) is 9.44. The number of imidazole rings is 1. The highest BCUT2D eigenvalue weighted by atomic mass is 32.2. The lowest BCUT2D eigenvalue weighted by atomic mass is 10.1. The summed E-state index contributed by atoms with van der Waals surface area (Å²) in [5, 5.41) is 0. The van der Waals surface area contributed by atoms with Gasteiger partial charge in [-0.1, -0.05) is 19.1 Å². The maximum atomic E-state index is 13.0. The van der Waals surface area contributed by atoms with E-state index in [-0.39, 0.29) is 5.65 Å². The Hall–Kier alpha value is -3.01. The van der Waals surface area contributed by atoms with E-state index in [0.29, 0.717) is 22.6 Å². The maximum absolute atomic E-state index is 13.0. The van der Waals surface area contributed by atoms with Crippen molar-refractivity contribution in [3.63, 3.8) is 0 Å². The number of rotatable bonds is 4. The average Bonchev–Trinajstić information content (AvgIpc) is 3.16. The Labute approximate surface area is 183 Å². The fourth-order valence-electron chi connectivity index (χ4n) is 3.16. The van der Waals surface area contributed by atoms with Gasteiger partial charge in [-0.15, -0.1) is 11.8 Å². The molecule has 0 fully saturated rings. The first-order valence-corrected chi connectivity index (χ1v) is 10.4. The first kappa shape index (κ1) is 22.2. The van der Waals surface area contributed by atoms with Crippen LogP contribution in [0, 0.1) is 0 Å². The molecule has 3 heterocycles. The van der Waals surface area contributed by atoms with E-state index in [9.17, 15) is 26.3 Å². The van der Waals surface area contributed by atoms with Gasteiger partial charge in [-0.25, -0.2) is 9.97 Å². The smallest absolute Gasteiger partial charge is 0.306 e. The summed E-state index contributed by atoms with van der Waals surface area (Å²) in [6.07, 6.45) is -6.07. The van der Waals surface area contributed by atoms with Gasteiger partial charge in [0.2, 0.25) is 0 Å². The topological polar surface area (TPSA) is 30.2 Å². The molecule has 4 aromatic rings. The predicted molar refractivity (Wildman–Crippen MR) is 110 cm³/mol. The third kappa shape index (κ3) is 4.45. The number of halogens is 6. The normalized spacial score (nSPS) is 12.5. The molecular weight excluding hydrogens is 452 g/mol. The molecule has 10 heteroatoms. The summed E-state index contributed by atoms with van der Waals surface area (Å²) in [4.78, 5) is 9.68. The van der Waals surface area contributed by atoms with Crippen molar-refractivity contribution in [2.45, 2.75) is 24.2 Å². The number of benzene rings is 1. The molecule has 166 valence electrons. The third-order valence-electron chi connectivity index (χ3n) is 4.70. The second kappa shape index (κ2) is 8.16. The van der Waals surface area contributed by atoms with Gasteiger partial charge in [0.1, 0.15) is 17.0 Å². The van der Waals surface area contributed by atoms with Gasteiger partial charge in [-0.2, -0.15) is 26.3 Å². The molecule has 4 rings (SSSR count). The highest BCUT2D eigenvalue weighted by Crippen LogP contribution is 2.35. The Kier molecular flexibility index (Phi) is 5.66. The van der Waals surface area contributed by atoms with Gasteiger partial charge >= 0.3 is 12.4 Å². The largest absolute Gasteiger partial charge is 0.416 e. The molecule has 0 aliphatic rings. The van der Waals surface area contributed by atoms with Crippen molar-refractivity contribution >= 4 is 17.4 Å². The second-order valence-electron chi connectivity index (χ2n) is 6.86. The van der Waals surface area contributed by atoms with Crippen LogP contribution in [-0.4, -0.2) is 20.1 Å². The number of alkyl halides is 6. The summed E-state index contributed by atoms with van der Waals surface area (Å²) >= 11 is 1.48. The highest BCUT2D eigenvalue weighted by Gasteiger charge is 2.31. The van der Waals surface area contributed by atoms with Gasteiger partial charge in [-0.3, -0.25) is 0 Å². The summed E-state index contributed by atoms with van der Waals surface area (Å²) < 4.78 is 79.1. The number of thioether (sulfide) groups is 1. The molecule has 0 spiro atoms. The van der Waals surface area contributed by atoms with Gasteiger partial charge in [0, 0.05) is 22.9 Å². The minimum absolute atomic E-state index is 0.115. The zero-order valence-corrected chi connectivity index (χ0v) is 17.3. The van der Waals surface area contributed by atoms with Crippen molar-refractivity contribution in [1.29, 1.82) is 0 Å². The molecule has 0 saturated heterocycles. The van der Waals surface area contributed by atoms with E-state index in [2.05, 4.69) is 9.97 Å². The number of nitrogens with zero attached hydrogens (tertiary/aromatic N) is 3. The molecule has 32 heavy (non-hydrogen) atoms. The maximum Gasteiger partial charge on any atom is 0.416 e. The second-order valence-corrected chi connectivity index (χ2v) is 8.16. The Morgan fingerprint density at radius 3 is 2.12 bits per heavy atom. The molecule has 0 radical (unpaired) electrons. The van der Waals surface area contributed by atoms with Crippen LogP contribution in [0.1, 0.15) is 18.1 Å². The molecule has 3 nitrogen and oxygen atoms in total. The molecular formula is C22H15F6N3S. The zero-order valence-electron chi connectivity index (χ0n) is 16.5. The van der Waals surface area contributed by atoms with E-state index >= 15 is 0 Å². The Bertz CT molecular complexity index is 1260. The van der Waals surface area contributed by atoms with Gasteiger partial charge in [0.05, 0.1) is 16.8 Å². The first-order chi connectivity index (χ1) is 15.1. The molecule has 1 aromatic carbocycles. The minimum Gasteiger partial charge on any atom is -0.306 e. The Balaban J connectivity index is 1.79. The number of aromatic nitrogens is 3. The molecule has 0 amide bonds. The SMILES string of the molecule is CCSc1ccc(-c2ccc(C(F)(F)F)cc2)nc1-c1cn2ccc(C(F)(F)F)cc2n1. The zero-order chi connectivity index (χ0) is 23.1. The van der Waals surface area contributed by atoms with Gasteiger partial charge in [0.15, 0.2) is 0 Å². The van der Waals surface area contributed by atoms with E-state index in [0.717, 1.165) is 34.9 Å². The van der Waals surface area contributed by atoms with Crippen LogP contribution in [-0.2, 0) is 12.4 Å². The van der Waals surface area contributed by atoms with Crippen LogP contribution in [0.15, 0.2) is 65.8 Å². The lowest BCUT2D eigenvalue weighted by Crippen LogP contribution is -2.05. The summed E-state index contributed by atoms with van der Waals surface area (Å²) in [5.74, 6) is 0.722. The van der Waals surface area contributed by atoms with Crippen molar-refractivity contribution in [2.24, 2.45) is 0 Å². The number of hydrogen-bond acceptors (Lipinski definition) is 3. The molecule has 0 bridgehead atoms. The number of pyridine rings is 2. The summed E-state index contributed by atoms with van der Waals surface area (Å²) in [5.41, 5.74) is 0.277. The van der Waals surface area contributed by atoms with Crippen molar-refractivity contribution in [2.75, 3.05) is 5.75 Å². The molecule has 0 atom stereocenters. The number of fused-ring (bicyclic) bond motifs is 1. The summed E-state index contributed by atoms with van der Waals surface area (Å²) in [6, 6.07) is 10.0. The summed E-state index contributed by atoms with van der Waals surface area (Å²) in [6.45, 7) is 1.94. The van der Waals surface area contributed by atoms with Crippen LogP contribution < -0.4 is 0 Å². The van der Waals surface area contributed by atoms with Gasteiger partial charge < -0.3 is 4.40 Å². The van der Waals surface area contributed by atoms with E-state index < -0.39 is 23.5 Å². The molecule has 3 aromatic heterocycles. The van der Waals surface area contributed by atoms with E-state index in [1.165, 1.54) is 34.5 Å². The van der Waals surface area contributed by atoms with Crippen LogP contribution >= 0.6 is 11.8 Å². The quantitative estimate of drug-likeness (QED) is 0.235. The molecule has 0 aliphatic heterocycles. The minimum atomic E-state index is -4.49. The molecule has 0 N–H and O–H groups in total. The van der Waals surface area contributed by atoms with Gasteiger partial charge in [0.25, 0.3) is 0 Å². The van der Waals surface area contributed by atoms with Crippen molar-refractivity contribution in [3.8, 4) is 22.6 Å². The van der Waals surface area contributed by atoms with E-state index in [1.807, 2.05) is 6.92 Å². The highest BCUT2D eigenvalue weighted by molar-refractivity contribution is 7.99. The summed E-state index contributed by atoms with van der Waals surface area (Å²) in [7, 11) is 0. The van der Waals surface area contributed by atoms with Crippen molar-refractivity contribution in [1.82, 2.24) is 14.4 Å². The third-order valence-corrected chi connectivity index (χ3v) is 5.63. The van der Waals surface area contributed by atoms with Crippen LogP contribution in [0.2, 0.25) is 0 Å². The predicted octanol–water partition coefficient (Wildman–Crippen LogP) is 7.21. The monoisotopic (exact) mass is 467 g/mol.